The summed E-state index contributed by atoms with van der Waals surface area (Å²) in [5.41, 5.74) is 6.65. The van der Waals surface area contributed by atoms with E-state index in [2.05, 4.69) is 39.9 Å². The molecule has 1 aliphatic carbocycles. The number of aryl methyl sites for hydroxylation is 1. The number of hydrogen-bond donors (Lipinski definition) is 4. The molecule has 13 heteroatoms. The molecule has 0 bridgehead atoms. The average molecular weight is 708 g/mol. The summed E-state index contributed by atoms with van der Waals surface area (Å²) in [4.78, 5) is 58.6. The zero-order valence-corrected chi connectivity index (χ0v) is 30.2. The number of benzene rings is 2. The molecule has 2 fully saturated rings. The number of ether oxygens (including phenoxy) is 1. The van der Waals surface area contributed by atoms with Gasteiger partial charge in [-0.3, -0.25) is 23.6 Å². The molecule has 4 heterocycles. The van der Waals surface area contributed by atoms with E-state index >= 15 is 0 Å². The van der Waals surface area contributed by atoms with Crippen LogP contribution in [0.4, 0.5) is 10.5 Å². The van der Waals surface area contributed by atoms with Crippen LogP contribution in [0.1, 0.15) is 64.8 Å². The molecule has 0 radical (unpaired) electrons. The van der Waals surface area contributed by atoms with Gasteiger partial charge < -0.3 is 25.8 Å². The van der Waals surface area contributed by atoms with Gasteiger partial charge in [-0.2, -0.15) is 0 Å². The zero-order chi connectivity index (χ0) is 36.9. The van der Waals surface area contributed by atoms with Crippen LogP contribution in [0.15, 0.2) is 58.3 Å². The van der Waals surface area contributed by atoms with Crippen molar-refractivity contribution < 1.29 is 19.4 Å². The summed E-state index contributed by atoms with van der Waals surface area (Å²) >= 11 is 0. The van der Waals surface area contributed by atoms with Gasteiger partial charge in [-0.05, 0) is 86.4 Å². The van der Waals surface area contributed by atoms with Crippen LogP contribution in [0.3, 0.4) is 0 Å². The molecule has 1 unspecified atom stereocenters. The molecule has 2 aromatic carbocycles. The number of anilines is 1. The largest absolute Gasteiger partial charge is 0.481 e. The van der Waals surface area contributed by atoms with Crippen LogP contribution in [-0.2, 0) is 20.0 Å². The van der Waals surface area contributed by atoms with Gasteiger partial charge in [0, 0.05) is 55.7 Å². The Bertz CT molecular complexity index is 2210. The summed E-state index contributed by atoms with van der Waals surface area (Å²) in [5.74, 6) is -0.0232. The molecule has 2 saturated heterocycles. The Morgan fingerprint density at radius 2 is 1.83 bits per heavy atom. The normalized spacial score (nSPS) is 20.3. The van der Waals surface area contributed by atoms with E-state index in [1.807, 2.05) is 31.2 Å². The van der Waals surface area contributed by atoms with Gasteiger partial charge in [0.05, 0.1) is 31.0 Å². The van der Waals surface area contributed by atoms with Crippen molar-refractivity contribution in [1.82, 2.24) is 29.7 Å². The number of nitrogens with one attached hydrogen (secondary N) is 3. The van der Waals surface area contributed by atoms with E-state index in [-0.39, 0.29) is 29.7 Å². The number of fused-ring (bicyclic) bond motifs is 1. The second kappa shape index (κ2) is 13.7. The predicted molar refractivity (Wildman–Crippen MR) is 198 cm³/mol. The van der Waals surface area contributed by atoms with E-state index in [1.165, 1.54) is 30.3 Å². The first kappa shape index (κ1) is 35.1. The first-order valence-electron chi connectivity index (χ1n) is 17.8. The Kier molecular flexibility index (Phi) is 9.26. The molecular formula is C39H45N7O6. The highest BCUT2D eigenvalue weighted by Crippen LogP contribution is 2.46. The number of nitrogens with zero attached hydrogens (tertiary/aromatic N) is 4. The van der Waals surface area contributed by atoms with Crippen LogP contribution < -0.4 is 31.9 Å². The van der Waals surface area contributed by atoms with Gasteiger partial charge in [-0.1, -0.05) is 30.3 Å². The number of urea groups is 1. The van der Waals surface area contributed by atoms with E-state index < -0.39 is 23.3 Å². The summed E-state index contributed by atoms with van der Waals surface area (Å²) in [6.45, 7) is 7.85. The van der Waals surface area contributed by atoms with Gasteiger partial charge in [0.2, 0.25) is 5.88 Å². The number of rotatable bonds is 8. The number of carbonyl (C=O) groups excluding carboxylic acids is 2. The third-order valence-corrected chi connectivity index (χ3v) is 11.0. The fourth-order valence-corrected chi connectivity index (χ4v) is 8.24. The molecule has 4 aromatic rings. The van der Waals surface area contributed by atoms with Crippen LogP contribution in [0.2, 0.25) is 0 Å². The van der Waals surface area contributed by atoms with E-state index in [1.54, 1.807) is 13.2 Å². The van der Waals surface area contributed by atoms with Crippen LogP contribution in [-0.4, -0.2) is 74.4 Å². The summed E-state index contributed by atoms with van der Waals surface area (Å²) in [5, 5.41) is 18.8. The van der Waals surface area contributed by atoms with E-state index in [9.17, 15) is 24.3 Å². The van der Waals surface area contributed by atoms with E-state index in [0.717, 1.165) is 82.4 Å². The molecule has 3 aliphatic rings. The summed E-state index contributed by atoms with van der Waals surface area (Å²) in [7, 11) is 2.98. The minimum Gasteiger partial charge on any atom is -0.481 e. The molecule has 4 N–H and O–H groups in total. The highest BCUT2D eigenvalue weighted by Gasteiger charge is 2.45. The number of amides is 3. The van der Waals surface area contributed by atoms with E-state index in [0.29, 0.717) is 18.1 Å². The second-order valence-electron chi connectivity index (χ2n) is 14.4. The third kappa shape index (κ3) is 6.28. The predicted octanol–water partition coefficient (Wildman–Crippen LogP) is 3.67. The van der Waals surface area contributed by atoms with Gasteiger partial charge in [0.1, 0.15) is 5.56 Å². The highest BCUT2D eigenvalue weighted by molar-refractivity contribution is 6.04. The number of carbonyl (C=O) groups is 2. The van der Waals surface area contributed by atoms with Gasteiger partial charge in [-0.15, -0.1) is 0 Å². The van der Waals surface area contributed by atoms with Crippen molar-refractivity contribution in [3.05, 3.63) is 97.3 Å². The van der Waals surface area contributed by atoms with Crippen molar-refractivity contribution in [3.63, 3.8) is 0 Å². The zero-order valence-electron chi connectivity index (χ0n) is 30.2. The maximum Gasteiger partial charge on any atom is 0.330 e. The lowest BCUT2D eigenvalue weighted by Crippen LogP contribution is -2.59. The molecular weight excluding hydrogens is 662 g/mol. The van der Waals surface area contributed by atoms with Crippen LogP contribution in [0.5, 0.6) is 5.88 Å². The molecule has 52 heavy (non-hydrogen) atoms. The Morgan fingerprint density at radius 1 is 1.10 bits per heavy atom. The molecule has 1 spiro atoms. The van der Waals surface area contributed by atoms with Gasteiger partial charge >= 0.3 is 11.7 Å². The molecule has 7 rings (SSSR count). The average Bonchev–Trinajstić information content (AvgIpc) is 3.73. The van der Waals surface area contributed by atoms with Crippen molar-refractivity contribution >= 4 is 17.6 Å². The van der Waals surface area contributed by atoms with Crippen LogP contribution in [0, 0.1) is 13.8 Å². The summed E-state index contributed by atoms with van der Waals surface area (Å²) in [6, 6.07) is 14.0. The van der Waals surface area contributed by atoms with Gasteiger partial charge in [0.25, 0.3) is 11.5 Å². The molecule has 2 aliphatic heterocycles. The van der Waals surface area contributed by atoms with E-state index in [4.69, 9.17) is 9.72 Å². The molecule has 3 atom stereocenters. The molecule has 0 saturated carbocycles. The standard InChI is InChI=1S/C39H45N7O6/c1-22(47)19-46-20-29(36(49)44(4)38(46)51)34(48)41-30-11-7-9-27(24(30)3)26-8-6-10-28(23(26)2)31-18-25-12-13-32(33(25)35(42-31)52-5)45-17-15-39(21-45)14-16-40-37(50)43-39/h6-11,18,20,22,32,47H,12-17,19,21H2,1-5H3,(H,41,48)(H2,40,43,50)/t22-,32?,39+/m1/s1. The quantitative estimate of drug-likeness (QED) is 0.216. The summed E-state index contributed by atoms with van der Waals surface area (Å²) < 4.78 is 8.00. The number of aliphatic hydroxyl groups is 1. The first-order valence-corrected chi connectivity index (χ1v) is 17.8. The summed E-state index contributed by atoms with van der Waals surface area (Å²) in [6.07, 6.45) is 4.06. The van der Waals surface area contributed by atoms with Crippen molar-refractivity contribution in [3.8, 4) is 28.3 Å². The Hall–Kier alpha value is -5.27. The van der Waals surface area contributed by atoms with Crippen molar-refractivity contribution in [2.45, 2.75) is 70.7 Å². The monoisotopic (exact) mass is 707 g/mol. The Labute approximate surface area is 301 Å². The Balaban J connectivity index is 1.17. The number of hydrogen-bond acceptors (Lipinski definition) is 8. The topological polar surface area (TPSA) is 160 Å². The maximum absolute atomic E-state index is 13.5. The minimum absolute atomic E-state index is 0.0546. The second-order valence-corrected chi connectivity index (χ2v) is 14.4. The number of likely N-dealkylation sites (tertiary alicyclic amines) is 1. The number of aliphatic hydroxyl groups excluding tert-OH is 1. The number of aromatic nitrogens is 3. The van der Waals surface area contributed by atoms with Crippen LogP contribution >= 0.6 is 0 Å². The lowest BCUT2D eigenvalue weighted by atomic mass is 9.91. The maximum atomic E-state index is 13.5. The fourth-order valence-electron chi connectivity index (χ4n) is 8.24. The molecule has 2 aromatic heterocycles. The Morgan fingerprint density at radius 3 is 2.56 bits per heavy atom. The fraction of sp³-hybridized carbons (Fsp3) is 0.410. The van der Waals surface area contributed by atoms with Crippen LogP contribution in [0.25, 0.3) is 22.4 Å². The lowest BCUT2D eigenvalue weighted by Gasteiger charge is -2.36. The first-order chi connectivity index (χ1) is 24.9. The van der Waals surface area contributed by atoms with Crippen molar-refractivity contribution in [2.75, 3.05) is 32.1 Å². The van der Waals surface area contributed by atoms with Gasteiger partial charge in [-0.25, -0.2) is 14.6 Å². The molecule has 13 nitrogen and oxygen atoms in total. The molecule has 272 valence electrons. The smallest absolute Gasteiger partial charge is 0.330 e. The van der Waals surface area contributed by atoms with Crippen molar-refractivity contribution in [1.29, 1.82) is 0 Å². The lowest BCUT2D eigenvalue weighted by molar-refractivity contribution is 0.102. The molecule has 3 amide bonds. The SMILES string of the molecule is COc1nc(-c2cccc(-c3cccc(NC(=O)c4cn(C[C@@H](C)O)c(=O)n(C)c4=O)c3C)c2C)cc2c1C(N1CC[C@@]3(CCNC(=O)N3)C1)CC2. The highest BCUT2D eigenvalue weighted by atomic mass is 16.5. The number of pyridine rings is 1. The number of methoxy groups -OCH3 is 1. The van der Waals surface area contributed by atoms with Crippen molar-refractivity contribution in [2.24, 2.45) is 7.05 Å². The minimum atomic E-state index is -0.845. The van der Waals surface area contributed by atoms with Gasteiger partial charge in [0.15, 0.2) is 0 Å². The third-order valence-electron chi connectivity index (χ3n) is 11.0.